The lowest BCUT2D eigenvalue weighted by atomic mass is 9.75. The first kappa shape index (κ1) is 15.0. The Hall–Kier alpha value is -1.95. The molecule has 1 fully saturated rings. The van der Waals surface area contributed by atoms with Crippen molar-refractivity contribution in [1.82, 2.24) is 0 Å². The van der Waals surface area contributed by atoms with Crippen molar-refractivity contribution in [2.24, 2.45) is 10.6 Å². The van der Waals surface area contributed by atoms with E-state index < -0.39 is 11.4 Å². The number of aliphatic carboxylic acids is 1. The molecule has 1 aromatic rings. The van der Waals surface area contributed by atoms with Crippen molar-refractivity contribution >= 4 is 11.7 Å². The van der Waals surface area contributed by atoms with Gasteiger partial charge in [-0.25, -0.2) is 4.39 Å². The van der Waals surface area contributed by atoms with Crippen molar-refractivity contribution in [3.8, 4) is 0 Å². The van der Waals surface area contributed by atoms with Gasteiger partial charge in [0, 0.05) is 31.6 Å². The summed E-state index contributed by atoms with van der Waals surface area (Å²) in [5.74, 6) is -1.13. The number of oxime groups is 1. The molecule has 6 heteroatoms. The second-order valence-corrected chi connectivity index (χ2v) is 5.88. The fraction of sp³-hybridized carbons (Fsp3) is 0.500. The molecule has 0 amide bonds. The second kappa shape index (κ2) is 6.04. The van der Waals surface area contributed by atoms with Crippen molar-refractivity contribution in [1.29, 1.82) is 0 Å². The summed E-state index contributed by atoms with van der Waals surface area (Å²) in [5.41, 5.74) is 0.534. The van der Waals surface area contributed by atoms with Crippen LogP contribution in [0.5, 0.6) is 0 Å². The standard InChI is InChI=1S/C16H18FNO4/c17-12-3-1-2-11(8-12)14-9-13(22-18-14)10-16(15(19)20)4-6-21-7-5-16/h1-3,8,13H,4-7,9-10H2,(H,19,20). The number of halogens is 1. The van der Waals surface area contributed by atoms with Crippen LogP contribution in [-0.2, 0) is 14.4 Å². The molecule has 0 aromatic heterocycles. The number of carbonyl (C=O) groups is 1. The van der Waals surface area contributed by atoms with E-state index in [2.05, 4.69) is 5.16 Å². The predicted octanol–water partition coefficient (Wildman–Crippen LogP) is 2.59. The highest BCUT2D eigenvalue weighted by atomic mass is 19.1. The maximum Gasteiger partial charge on any atom is 0.309 e. The Morgan fingerprint density at radius 1 is 1.41 bits per heavy atom. The first-order valence-corrected chi connectivity index (χ1v) is 7.39. The van der Waals surface area contributed by atoms with E-state index >= 15 is 0 Å². The normalized spacial score (nSPS) is 23.7. The molecule has 2 aliphatic heterocycles. The number of hydrogen-bond donors (Lipinski definition) is 1. The second-order valence-electron chi connectivity index (χ2n) is 5.88. The number of hydrogen-bond acceptors (Lipinski definition) is 4. The maximum absolute atomic E-state index is 13.3. The molecule has 0 spiro atoms. The van der Waals surface area contributed by atoms with E-state index in [-0.39, 0.29) is 11.9 Å². The van der Waals surface area contributed by atoms with E-state index in [1.807, 2.05) is 0 Å². The van der Waals surface area contributed by atoms with E-state index in [0.29, 0.717) is 50.2 Å². The molecule has 2 heterocycles. The molecule has 2 aliphatic rings. The van der Waals surface area contributed by atoms with Gasteiger partial charge in [-0.15, -0.1) is 0 Å². The fourth-order valence-corrected chi connectivity index (χ4v) is 3.08. The molecular formula is C16H18FNO4. The summed E-state index contributed by atoms with van der Waals surface area (Å²) in [4.78, 5) is 17.1. The van der Waals surface area contributed by atoms with Gasteiger partial charge in [0.25, 0.3) is 0 Å². The van der Waals surface area contributed by atoms with Crippen LogP contribution < -0.4 is 0 Å². The van der Waals surface area contributed by atoms with Gasteiger partial charge in [0.1, 0.15) is 11.9 Å². The topological polar surface area (TPSA) is 68.1 Å². The van der Waals surface area contributed by atoms with Gasteiger partial charge in [0.2, 0.25) is 0 Å². The van der Waals surface area contributed by atoms with Crippen LogP contribution in [0.25, 0.3) is 0 Å². The number of carboxylic acids is 1. The largest absolute Gasteiger partial charge is 0.481 e. The predicted molar refractivity (Wildman–Crippen MR) is 77.2 cm³/mol. The summed E-state index contributed by atoms with van der Waals surface area (Å²) in [6.07, 6.45) is 1.58. The van der Waals surface area contributed by atoms with Crippen molar-refractivity contribution in [2.45, 2.75) is 31.8 Å². The van der Waals surface area contributed by atoms with E-state index in [9.17, 15) is 14.3 Å². The summed E-state index contributed by atoms with van der Waals surface area (Å²) in [6, 6.07) is 6.18. The number of ether oxygens (including phenoxy) is 1. The minimum Gasteiger partial charge on any atom is -0.481 e. The average Bonchev–Trinajstić information content (AvgIpc) is 2.96. The molecule has 1 unspecified atom stereocenters. The molecule has 5 nitrogen and oxygen atoms in total. The van der Waals surface area contributed by atoms with Gasteiger partial charge in [-0.2, -0.15) is 0 Å². The lowest BCUT2D eigenvalue weighted by molar-refractivity contribution is -0.158. The molecule has 118 valence electrons. The molecule has 0 radical (unpaired) electrons. The van der Waals surface area contributed by atoms with Gasteiger partial charge in [-0.3, -0.25) is 4.79 Å². The summed E-state index contributed by atoms with van der Waals surface area (Å²) >= 11 is 0. The molecule has 1 atom stereocenters. The number of nitrogens with zero attached hydrogens (tertiary/aromatic N) is 1. The minimum atomic E-state index is -0.810. The molecular weight excluding hydrogens is 289 g/mol. The lowest BCUT2D eigenvalue weighted by Gasteiger charge is -2.34. The van der Waals surface area contributed by atoms with Crippen molar-refractivity contribution in [3.63, 3.8) is 0 Å². The molecule has 0 aliphatic carbocycles. The smallest absolute Gasteiger partial charge is 0.309 e. The SMILES string of the molecule is O=C(O)C1(CC2CC(c3cccc(F)c3)=NO2)CCOCC1. The van der Waals surface area contributed by atoms with Crippen LogP contribution in [0.3, 0.4) is 0 Å². The summed E-state index contributed by atoms with van der Waals surface area (Å²) in [6.45, 7) is 0.910. The fourth-order valence-electron chi connectivity index (χ4n) is 3.08. The highest BCUT2D eigenvalue weighted by molar-refractivity contribution is 6.01. The molecule has 22 heavy (non-hydrogen) atoms. The zero-order valence-electron chi connectivity index (χ0n) is 12.1. The molecule has 0 saturated carbocycles. The zero-order chi connectivity index (χ0) is 15.6. The Morgan fingerprint density at radius 2 is 2.18 bits per heavy atom. The number of rotatable bonds is 4. The van der Waals surface area contributed by atoms with Gasteiger partial charge in [0.05, 0.1) is 11.1 Å². The Morgan fingerprint density at radius 3 is 2.86 bits per heavy atom. The monoisotopic (exact) mass is 307 g/mol. The van der Waals surface area contributed by atoms with Crippen molar-refractivity contribution < 1.29 is 23.9 Å². The average molecular weight is 307 g/mol. The van der Waals surface area contributed by atoms with E-state index in [4.69, 9.17) is 9.57 Å². The van der Waals surface area contributed by atoms with Crippen molar-refractivity contribution in [3.05, 3.63) is 35.6 Å². The Balaban J connectivity index is 1.67. The lowest BCUT2D eigenvalue weighted by Crippen LogP contribution is -2.40. The highest BCUT2D eigenvalue weighted by Crippen LogP contribution is 2.38. The zero-order valence-corrected chi connectivity index (χ0v) is 12.1. The highest BCUT2D eigenvalue weighted by Gasteiger charge is 2.43. The third kappa shape index (κ3) is 2.97. The van der Waals surface area contributed by atoms with Gasteiger partial charge < -0.3 is 14.7 Å². The summed E-state index contributed by atoms with van der Waals surface area (Å²) < 4.78 is 18.5. The van der Waals surface area contributed by atoms with Crippen molar-refractivity contribution in [2.75, 3.05) is 13.2 Å². The Labute approximate surface area is 127 Å². The van der Waals surface area contributed by atoms with E-state index in [1.165, 1.54) is 12.1 Å². The Kier molecular flexibility index (Phi) is 4.11. The first-order chi connectivity index (χ1) is 10.6. The van der Waals surface area contributed by atoms with Crippen LogP contribution in [0, 0.1) is 11.2 Å². The third-order valence-electron chi connectivity index (χ3n) is 4.41. The molecule has 0 bridgehead atoms. The summed E-state index contributed by atoms with van der Waals surface area (Å²) in [7, 11) is 0. The summed E-state index contributed by atoms with van der Waals surface area (Å²) in [5, 5.41) is 13.6. The van der Waals surface area contributed by atoms with Gasteiger partial charge in [-0.05, 0) is 25.0 Å². The van der Waals surface area contributed by atoms with Gasteiger partial charge >= 0.3 is 5.97 Å². The minimum absolute atomic E-state index is 0.285. The maximum atomic E-state index is 13.3. The van der Waals surface area contributed by atoms with E-state index in [0.717, 1.165) is 0 Å². The molecule has 1 saturated heterocycles. The van der Waals surface area contributed by atoms with Gasteiger partial charge in [-0.1, -0.05) is 17.3 Å². The molecule has 1 N–H and O–H groups in total. The molecule has 3 rings (SSSR count). The van der Waals surface area contributed by atoms with Crippen LogP contribution >= 0.6 is 0 Å². The van der Waals surface area contributed by atoms with E-state index in [1.54, 1.807) is 12.1 Å². The third-order valence-corrected chi connectivity index (χ3v) is 4.41. The quantitative estimate of drug-likeness (QED) is 0.928. The van der Waals surface area contributed by atoms with Crippen LogP contribution in [0.2, 0.25) is 0 Å². The number of carboxylic acid groups (broad SMARTS) is 1. The number of benzene rings is 1. The first-order valence-electron chi connectivity index (χ1n) is 7.39. The Bertz CT molecular complexity index is 596. The van der Waals surface area contributed by atoms with Crippen LogP contribution in [-0.4, -0.2) is 36.1 Å². The van der Waals surface area contributed by atoms with Crippen LogP contribution in [0.4, 0.5) is 4.39 Å². The van der Waals surface area contributed by atoms with Crippen LogP contribution in [0.15, 0.2) is 29.4 Å². The van der Waals surface area contributed by atoms with Gasteiger partial charge in [0.15, 0.2) is 0 Å². The van der Waals surface area contributed by atoms with Crippen LogP contribution in [0.1, 0.15) is 31.2 Å². The molecule has 1 aromatic carbocycles.